The predicted octanol–water partition coefficient (Wildman–Crippen LogP) is 2.11. The third-order valence-corrected chi connectivity index (χ3v) is 4.14. The minimum Gasteiger partial charge on any atom is -0.494 e. The Bertz CT molecular complexity index is 783. The van der Waals surface area contributed by atoms with Crippen LogP contribution in [0.3, 0.4) is 0 Å². The first-order chi connectivity index (χ1) is 13.0. The average molecular weight is 506 g/mol. The van der Waals surface area contributed by atoms with Gasteiger partial charge in [-0.15, -0.1) is 34.2 Å². The lowest BCUT2D eigenvalue weighted by atomic mass is 10.2. The van der Waals surface area contributed by atoms with Gasteiger partial charge in [0.05, 0.1) is 13.7 Å². The van der Waals surface area contributed by atoms with Crippen molar-refractivity contribution >= 4 is 29.9 Å². The first kappa shape index (κ1) is 24.1. The van der Waals surface area contributed by atoms with E-state index in [2.05, 4.69) is 20.5 Å². The summed E-state index contributed by atoms with van der Waals surface area (Å²) in [7, 11) is 6.89. The van der Waals surface area contributed by atoms with Gasteiger partial charge in [0.25, 0.3) is 0 Å². The van der Waals surface area contributed by atoms with E-state index in [9.17, 15) is 4.39 Å². The Hall–Kier alpha value is -1.95. The van der Waals surface area contributed by atoms with E-state index >= 15 is 0 Å². The summed E-state index contributed by atoms with van der Waals surface area (Å²) in [5.74, 6) is 2.11. The van der Waals surface area contributed by atoms with E-state index < -0.39 is 0 Å². The number of rotatable bonds is 8. The zero-order valence-corrected chi connectivity index (χ0v) is 19.2. The highest BCUT2D eigenvalue weighted by molar-refractivity contribution is 14.0. The Labute approximate surface area is 182 Å². The molecule has 1 aromatic heterocycles. The summed E-state index contributed by atoms with van der Waals surface area (Å²) in [6.45, 7) is 3.91. The van der Waals surface area contributed by atoms with Crippen molar-refractivity contribution in [2.75, 3.05) is 34.4 Å². The third kappa shape index (κ3) is 6.59. The molecule has 1 heterocycles. The quantitative estimate of drug-likeness (QED) is 0.256. The Morgan fingerprint density at radius 2 is 2.07 bits per heavy atom. The van der Waals surface area contributed by atoms with Crippen LogP contribution in [-0.2, 0) is 24.9 Å². The van der Waals surface area contributed by atoms with Crippen molar-refractivity contribution in [3.8, 4) is 5.75 Å². The molecule has 2 aromatic rings. The number of benzene rings is 1. The van der Waals surface area contributed by atoms with E-state index in [1.807, 2.05) is 36.6 Å². The summed E-state index contributed by atoms with van der Waals surface area (Å²) in [4.78, 5) is 6.54. The van der Waals surface area contributed by atoms with Crippen LogP contribution in [0.2, 0.25) is 0 Å². The topological polar surface area (TPSA) is 76.8 Å². The number of aryl methyl sites for hydroxylation is 1. The molecule has 0 unspecified atom stereocenters. The number of aliphatic imine (C=N–C) groups is 1. The normalized spacial score (nSPS) is 11.1. The number of methoxy groups -OCH3 is 2. The van der Waals surface area contributed by atoms with Gasteiger partial charge in [-0.25, -0.2) is 9.38 Å². The first-order valence-corrected chi connectivity index (χ1v) is 8.62. The first-order valence-electron chi connectivity index (χ1n) is 8.62. The van der Waals surface area contributed by atoms with Gasteiger partial charge in [0.2, 0.25) is 0 Å². The molecule has 0 bridgehead atoms. The Balaban J connectivity index is 0.00000392. The minimum absolute atomic E-state index is 0. The van der Waals surface area contributed by atoms with E-state index in [0.29, 0.717) is 32.2 Å². The maximum atomic E-state index is 13.9. The number of halogens is 2. The molecule has 8 nitrogen and oxygen atoms in total. The van der Waals surface area contributed by atoms with E-state index in [0.717, 1.165) is 17.2 Å². The van der Waals surface area contributed by atoms with Crippen molar-refractivity contribution in [1.82, 2.24) is 25.0 Å². The highest BCUT2D eigenvalue weighted by atomic mass is 127. The van der Waals surface area contributed by atoms with E-state index in [-0.39, 0.29) is 35.5 Å². The second kappa shape index (κ2) is 11.8. The van der Waals surface area contributed by atoms with Gasteiger partial charge in [-0.3, -0.25) is 0 Å². The Morgan fingerprint density at radius 1 is 1.32 bits per heavy atom. The maximum Gasteiger partial charge on any atom is 0.194 e. The number of guanidine groups is 1. The van der Waals surface area contributed by atoms with Crippen molar-refractivity contribution in [1.29, 1.82) is 0 Å². The van der Waals surface area contributed by atoms with Crippen LogP contribution < -0.4 is 10.1 Å². The lowest BCUT2D eigenvalue weighted by Gasteiger charge is -2.22. The summed E-state index contributed by atoms with van der Waals surface area (Å²) in [6, 6.07) is 4.92. The fourth-order valence-corrected chi connectivity index (χ4v) is 2.47. The molecule has 10 heteroatoms. The summed E-state index contributed by atoms with van der Waals surface area (Å²) in [5, 5.41) is 11.4. The van der Waals surface area contributed by atoms with Gasteiger partial charge >= 0.3 is 0 Å². The smallest absolute Gasteiger partial charge is 0.194 e. The van der Waals surface area contributed by atoms with Crippen LogP contribution in [-0.4, -0.2) is 60.0 Å². The lowest BCUT2D eigenvalue weighted by Crippen LogP contribution is -2.40. The van der Waals surface area contributed by atoms with Crippen molar-refractivity contribution in [3.05, 3.63) is 41.2 Å². The van der Waals surface area contributed by atoms with Crippen molar-refractivity contribution in [3.63, 3.8) is 0 Å². The summed E-state index contributed by atoms with van der Waals surface area (Å²) in [6.07, 6.45) is 0. The highest BCUT2D eigenvalue weighted by Crippen LogP contribution is 2.18. The molecule has 28 heavy (non-hydrogen) atoms. The molecular formula is C18H28FIN6O2. The lowest BCUT2D eigenvalue weighted by molar-refractivity contribution is 0.203. The molecule has 0 saturated carbocycles. The van der Waals surface area contributed by atoms with Gasteiger partial charge in [-0.1, -0.05) is 6.07 Å². The molecule has 2 rings (SSSR count). The predicted molar refractivity (Wildman–Crippen MR) is 117 cm³/mol. The molecule has 0 radical (unpaired) electrons. The van der Waals surface area contributed by atoms with Gasteiger partial charge in [-0.05, 0) is 24.6 Å². The van der Waals surface area contributed by atoms with Gasteiger partial charge in [-0.2, -0.15) is 0 Å². The fraction of sp³-hybridized carbons (Fsp3) is 0.500. The van der Waals surface area contributed by atoms with Crippen LogP contribution >= 0.6 is 24.0 Å². The van der Waals surface area contributed by atoms with Gasteiger partial charge < -0.3 is 24.3 Å². The zero-order valence-electron chi connectivity index (χ0n) is 16.9. The molecule has 0 aliphatic heterocycles. The van der Waals surface area contributed by atoms with Crippen LogP contribution in [0.25, 0.3) is 0 Å². The minimum atomic E-state index is -0.385. The second-order valence-electron chi connectivity index (χ2n) is 6.11. The molecule has 0 fully saturated rings. The van der Waals surface area contributed by atoms with Crippen molar-refractivity contribution in [2.24, 2.45) is 12.0 Å². The molecule has 0 saturated heterocycles. The monoisotopic (exact) mass is 506 g/mol. The van der Waals surface area contributed by atoms with Crippen LogP contribution in [0.5, 0.6) is 5.75 Å². The SMILES string of the molecule is COCCNC(=NCc1nnc(C)n1C)N(C)Cc1ccc(OC)c(F)c1.I. The molecule has 156 valence electrons. The summed E-state index contributed by atoms with van der Waals surface area (Å²) < 4.78 is 25.9. The number of hydrogen-bond donors (Lipinski definition) is 1. The maximum absolute atomic E-state index is 13.9. The molecule has 0 aliphatic rings. The third-order valence-electron chi connectivity index (χ3n) is 4.14. The number of nitrogens with zero attached hydrogens (tertiary/aromatic N) is 5. The summed E-state index contributed by atoms with van der Waals surface area (Å²) >= 11 is 0. The van der Waals surface area contributed by atoms with Crippen LogP contribution in [0.15, 0.2) is 23.2 Å². The van der Waals surface area contributed by atoms with Gasteiger partial charge in [0.15, 0.2) is 23.4 Å². The molecule has 0 atom stereocenters. The molecule has 0 amide bonds. The van der Waals surface area contributed by atoms with Crippen molar-refractivity contribution < 1.29 is 13.9 Å². The van der Waals surface area contributed by atoms with Crippen LogP contribution in [0, 0.1) is 12.7 Å². The Kier molecular flexibility index (Phi) is 10.1. The molecule has 0 aliphatic carbocycles. The van der Waals surface area contributed by atoms with E-state index in [1.165, 1.54) is 13.2 Å². The molecule has 1 aromatic carbocycles. The Morgan fingerprint density at radius 3 is 2.64 bits per heavy atom. The number of ether oxygens (including phenoxy) is 2. The number of aromatic nitrogens is 3. The molecule has 1 N–H and O–H groups in total. The number of nitrogens with one attached hydrogen (secondary N) is 1. The van der Waals surface area contributed by atoms with E-state index in [4.69, 9.17) is 9.47 Å². The summed E-state index contributed by atoms with van der Waals surface area (Å²) in [5.41, 5.74) is 0.812. The highest BCUT2D eigenvalue weighted by Gasteiger charge is 2.11. The largest absolute Gasteiger partial charge is 0.494 e. The van der Waals surface area contributed by atoms with Crippen molar-refractivity contribution in [2.45, 2.75) is 20.0 Å². The van der Waals surface area contributed by atoms with E-state index in [1.54, 1.807) is 13.2 Å². The van der Waals surface area contributed by atoms with Crippen LogP contribution in [0.1, 0.15) is 17.2 Å². The van der Waals surface area contributed by atoms with Gasteiger partial charge in [0, 0.05) is 34.3 Å². The standard InChI is InChI=1S/C18H27FN6O2.HI/c1-13-22-23-17(25(13)3)11-21-18(20-8-9-26-4)24(2)12-14-6-7-16(27-5)15(19)10-14;/h6-7,10H,8-9,11-12H2,1-5H3,(H,20,21);1H. The van der Waals surface area contributed by atoms with Gasteiger partial charge in [0.1, 0.15) is 12.4 Å². The second-order valence-corrected chi connectivity index (χ2v) is 6.11. The average Bonchev–Trinajstić information content (AvgIpc) is 2.96. The molecular weight excluding hydrogens is 478 g/mol. The number of hydrogen-bond acceptors (Lipinski definition) is 5. The molecule has 0 spiro atoms. The zero-order chi connectivity index (χ0) is 19.8. The van der Waals surface area contributed by atoms with Crippen LogP contribution in [0.4, 0.5) is 4.39 Å². The fourth-order valence-electron chi connectivity index (χ4n) is 2.47.